The lowest BCUT2D eigenvalue weighted by atomic mass is 10.0. The van der Waals surface area contributed by atoms with Gasteiger partial charge in [-0.25, -0.2) is 4.98 Å². The van der Waals surface area contributed by atoms with Crippen molar-refractivity contribution in [1.82, 2.24) is 25.4 Å². The van der Waals surface area contributed by atoms with E-state index in [1.807, 2.05) is 17.9 Å². The first kappa shape index (κ1) is 17.5. The Balaban J connectivity index is 1.84. The summed E-state index contributed by atoms with van der Waals surface area (Å²) < 4.78 is 0. The van der Waals surface area contributed by atoms with Crippen molar-refractivity contribution in [2.45, 2.75) is 32.9 Å². The third-order valence-corrected chi connectivity index (χ3v) is 5.12. The highest BCUT2D eigenvalue weighted by molar-refractivity contribution is 6.07. The number of piperazine rings is 1. The number of H-pyrrole nitrogens is 1. The van der Waals surface area contributed by atoms with Crippen LogP contribution in [0.25, 0.3) is 22.3 Å². The van der Waals surface area contributed by atoms with Crippen LogP contribution in [-0.4, -0.2) is 56.3 Å². The first-order chi connectivity index (χ1) is 12.9. The fraction of sp³-hybridized carbons (Fsp3) is 0.350. The number of aryl methyl sites for hydroxylation is 1. The summed E-state index contributed by atoms with van der Waals surface area (Å²) in [5.74, 6) is 0.183. The standard InChI is InChI=1S/C20H23N5O2/c1-11-10-25(12(2)9-21-11)20(27)16-8-17(14-4-6-15(26)7-5-14)22-19-18(16)13(3)23-24-19/h4-8,11-12,21,26H,9-10H2,1-3H3,(H,22,23,24)/t11-,12-/m0/s1. The van der Waals surface area contributed by atoms with E-state index in [9.17, 15) is 9.90 Å². The quantitative estimate of drug-likeness (QED) is 0.649. The van der Waals surface area contributed by atoms with Crippen molar-refractivity contribution in [2.75, 3.05) is 13.1 Å². The van der Waals surface area contributed by atoms with Crippen molar-refractivity contribution < 1.29 is 9.90 Å². The van der Waals surface area contributed by atoms with E-state index in [2.05, 4.69) is 34.3 Å². The second kappa shape index (κ2) is 6.66. The Morgan fingerprint density at radius 2 is 2.00 bits per heavy atom. The third-order valence-electron chi connectivity index (χ3n) is 5.12. The van der Waals surface area contributed by atoms with E-state index in [4.69, 9.17) is 0 Å². The molecule has 27 heavy (non-hydrogen) atoms. The smallest absolute Gasteiger partial charge is 0.255 e. The van der Waals surface area contributed by atoms with Crippen molar-refractivity contribution in [3.8, 4) is 17.0 Å². The maximum atomic E-state index is 13.4. The highest BCUT2D eigenvalue weighted by Gasteiger charge is 2.29. The van der Waals surface area contributed by atoms with Crippen molar-refractivity contribution >= 4 is 16.9 Å². The monoisotopic (exact) mass is 365 g/mol. The van der Waals surface area contributed by atoms with Gasteiger partial charge < -0.3 is 15.3 Å². The Hall–Kier alpha value is -2.93. The van der Waals surface area contributed by atoms with Crippen LogP contribution in [-0.2, 0) is 0 Å². The zero-order chi connectivity index (χ0) is 19.1. The van der Waals surface area contributed by atoms with Gasteiger partial charge in [0.05, 0.1) is 16.6 Å². The lowest BCUT2D eigenvalue weighted by Crippen LogP contribution is -2.56. The van der Waals surface area contributed by atoms with Gasteiger partial charge in [0.25, 0.3) is 5.91 Å². The van der Waals surface area contributed by atoms with Crippen LogP contribution in [0.3, 0.4) is 0 Å². The zero-order valence-corrected chi connectivity index (χ0v) is 15.7. The Morgan fingerprint density at radius 1 is 1.26 bits per heavy atom. The Bertz CT molecular complexity index is 996. The second-order valence-electron chi connectivity index (χ2n) is 7.26. The summed E-state index contributed by atoms with van der Waals surface area (Å²) >= 11 is 0. The first-order valence-corrected chi connectivity index (χ1v) is 9.13. The molecule has 1 aliphatic rings. The molecule has 1 saturated heterocycles. The number of carbonyl (C=O) groups excluding carboxylic acids is 1. The molecule has 1 amide bonds. The van der Waals surface area contributed by atoms with Gasteiger partial charge in [0.15, 0.2) is 5.65 Å². The molecular weight excluding hydrogens is 342 g/mol. The van der Waals surface area contributed by atoms with Gasteiger partial charge in [0.1, 0.15) is 5.75 Å². The van der Waals surface area contributed by atoms with Crippen LogP contribution < -0.4 is 5.32 Å². The van der Waals surface area contributed by atoms with Crippen molar-refractivity contribution in [3.63, 3.8) is 0 Å². The number of benzene rings is 1. The Kier molecular flexibility index (Phi) is 4.31. The SMILES string of the molecule is Cc1[nH]nc2nc(-c3ccc(O)cc3)cc(C(=O)N3C[C@H](C)NC[C@@H]3C)c12. The molecular formula is C20H23N5O2. The van der Waals surface area contributed by atoms with Gasteiger partial charge in [0, 0.05) is 36.4 Å². The molecule has 0 saturated carbocycles. The number of phenolic OH excluding ortho intramolecular Hbond substituents is 1. The number of hydrogen-bond donors (Lipinski definition) is 3. The topological polar surface area (TPSA) is 94.1 Å². The summed E-state index contributed by atoms with van der Waals surface area (Å²) in [5.41, 5.74) is 3.45. The number of amides is 1. The van der Waals surface area contributed by atoms with Gasteiger partial charge in [-0.05, 0) is 51.1 Å². The number of carbonyl (C=O) groups is 1. The summed E-state index contributed by atoms with van der Waals surface area (Å²) in [6.45, 7) is 7.47. The number of aromatic amines is 1. The van der Waals surface area contributed by atoms with E-state index in [1.54, 1.807) is 24.3 Å². The predicted molar refractivity (Wildman–Crippen MR) is 104 cm³/mol. The van der Waals surface area contributed by atoms with Crippen molar-refractivity contribution in [3.05, 3.63) is 41.6 Å². The van der Waals surface area contributed by atoms with E-state index >= 15 is 0 Å². The van der Waals surface area contributed by atoms with Crippen LogP contribution >= 0.6 is 0 Å². The third kappa shape index (κ3) is 3.14. The maximum Gasteiger partial charge on any atom is 0.255 e. The van der Waals surface area contributed by atoms with Crippen LogP contribution in [0, 0.1) is 6.92 Å². The molecule has 2 atom stereocenters. The number of aromatic nitrogens is 3. The van der Waals surface area contributed by atoms with E-state index < -0.39 is 0 Å². The van der Waals surface area contributed by atoms with E-state index in [0.29, 0.717) is 23.4 Å². The molecule has 0 aliphatic carbocycles. The molecule has 1 aromatic carbocycles. The molecule has 4 rings (SSSR count). The van der Waals surface area contributed by atoms with E-state index in [0.717, 1.165) is 23.2 Å². The van der Waals surface area contributed by atoms with Crippen LogP contribution in [0.2, 0.25) is 0 Å². The Morgan fingerprint density at radius 3 is 2.74 bits per heavy atom. The summed E-state index contributed by atoms with van der Waals surface area (Å²) in [5, 5.41) is 20.9. The van der Waals surface area contributed by atoms with Crippen molar-refractivity contribution in [1.29, 1.82) is 0 Å². The normalized spacial score (nSPS) is 20.2. The summed E-state index contributed by atoms with van der Waals surface area (Å²) in [4.78, 5) is 20.0. The molecule has 2 aromatic heterocycles. The van der Waals surface area contributed by atoms with Gasteiger partial charge in [0.2, 0.25) is 0 Å². The zero-order valence-electron chi connectivity index (χ0n) is 15.7. The molecule has 0 unspecified atom stereocenters. The molecule has 3 aromatic rings. The molecule has 0 spiro atoms. The number of hydrogen-bond acceptors (Lipinski definition) is 5. The van der Waals surface area contributed by atoms with Crippen molar-refractivity contribution in [2.24, 2.45) is 0 Å². The number of rotatable bonds is 2. The summed E-state index contributed by atoms with van der Waals surface area (Å²) in [7, 11) is 0. The Labute approximate surface area is 157 Å². The molecule has 1 fully saturated rings. The molecule has 0 bridgehead atoms. The van der Waals surface area contributed by atoms with E-state index in [1.165, 1.54) is 0 Å². The van der Waals surface area contributed by atoms with Crippen LogP contribution in [0.1, 0.15) is 29.9 Å². The van der Waals surface area contributed by atoms with Gasteiger partial charge >= 0.3 is 0 Å². The number of aromatic hydroxyl groups is 1. The highest BCUT2D eigenvalue weighted by atomic mass is 16.3. The first-order valence-electron chi connectivity index (χ1n) is 9.13. The molecule has 140 valence electrons. The second-order valence-corrected chi connectivity index (χ2v) is 7.26. The molecule has 0 radical (unpaired) electrons. The molecule has 7 heteroatoms. The minimum atomic E-state index is -0.00669. The fourth-order valence-corrected chi connectivity index (χ4v) is 3.58. The number of nitrogens with zero attached hydrogens (tertiary/aromatic N) is 3. The lowest BCUT2D eigenvalue weighted by Gasteiger charge is -2.37. The van der Waals surface area contributed by atoms with Crippen LogP contribution in [0.5, 0.6) is 5.75 Å². The number of nitrogens with one attached hydrogen (secondary N) is 2. The fourth-order valence-electron chi connectivity index (χ4n) is 3.58. The summed E-state index contributed by atoms with van der Waals surface area (Å²) in [6.07, 6.45) is 0. The molecule has 1 aliphatic heterocycles. The minimum Gasteiger partial charge on any atom is -0.508 e. The largest absolute Gasteiger partial charge is 0.508 e. The van der Waals surface area contributed by atoms with Gasteiger partial charge in [-0.2, -0.15) is 5.10 Å². The predicted octanol–water partition coefficient (Wildman–Crippen LogP) is 2.46. The summed E-state index contributed by atoms with van der Waals surface area (Å²) in [6, 6.07) is 8.99. The lowest BCUT2D eigenvalue weighted by molar-refractivity contribution is 0.0618. The number of fused-ring (bicyclic) bond motifs is 1. The van der Waals surface area contributed by atoms with Gasteiger partial charge in [-0.15, -0.1) is 0 Å². The average Bonchev–Trinajstić information content (AvgIpc) is 3.04. The molecule has 3 N–H and O–H groups in total. The molecule has 3 heterocycles. The molecule has 7 nitrogen and oxygen atoms in total. The highest BCUT2D eigenvalue weighted by Crippen LogP contribution is 2.28. The van der Waals surface area contributed by atoms with Crippen LogP contribution in [0.15, 0.2) is 30.3 Å². The number of phenols is 1. The van der Waals surface area contributed by atoms with Gasteiger partial charge in [-0.3, -0.25) is 9.89 Å². The van der Waals surface area contributed by atoms with Crippen LogP contribution in [0.4, 0.5) is 0 Å². The maximum absolute atomic E-state index is 13.4. The van der Waals surface area contributed by atoms with Gasteiger partial charge in [-0.1, -0.05) is 0 Å². The van der Waals surface area contributed by atoms with E-state index in [-0.39, 0.29) is 23.7 Å². The number of pyridine rings is 1. The average molecular weight is 365 g/mol. The minimum absolute atomic E-state index is 0.00669.